The number of anilines is 1. The van der Waals surface area contributed by atoms with Crippen LogP contribution in [-0.4, -0.2) is 29.6 Å². The van der Waals surface area contributed by atoms with Crippen molar-refractivity contribution < 1.29 is 14.7 Å². The summed E-state index contributed by atoms with van der Waals surface area (Å²) in [7, 11) is 0. The maximum Gasteiger partial charge on any atom is 0.320 e. The van der Waals surface area contributed by atoms with Crippen LogP contribution in [0.4, 0.5) is 5.69 Å². The van der Waals surface area contributed by atoms with Crippen molar-refractivity contribution in [2.45, 2.75) is 18.9 Å². The molecule has 1 amide bonds. The number of halogens is 1. The first-order chi connectivity index (χ1) is 9.06. The number of hydrogen-bond donors (Lipinski definition) is 3. The van der Waals surface area contributed by atoms with E-state index in [1.807, 2.05) is 0 Å². The SMILES string of the molecule is O=C(CNC(C(=O)O)C1CC1)Nc1ccc(Cl)cc1. The first kappa shape index (κ1) is 13.8. The van der Waals surface area contributed by atoms with Crippen LogP contribution >= 0.6 is 11.6 Å². The van der Waals surface area contributed by atoms with E-state index in [0.29, 0.717) is 10.7 Å². The van der Waals surface area contributed by atoms with Crippen LogP contribution in [0.1, 0.15) is 12.8 Å². The van der Waals surface area contributed by atoms with Crippen molar-refractivity contribution in [3.63, 3.8) is 0 Å². The average Bonchev–Trinajstić information content (AvgIpc) is 3.16. The Kier molecular flexibility index (Phi) is 4.39. The third kappa shape index (κ3) is 4.22. The fourth-order valence-electron chi connectivity index (χ4n) is 1.83. The van der Waals surface area contributed by atoms with Gasteiger partial charge in [0.05, 0.1) is 6.54 Å². The van der Waals surface area contributed by atoms with E-state index in [-0.39, 0.29) is 18.4 Å². The minimum absolute atomic E-state index is 0.0178. The first-order valence-electron chi connectivity index (χ1n) is 6.08. The maximum atomic E-state index is 11.7. The van der Waals surface area contributed by atoms with E-state index in [4.69, 9.17) is 16.7 Å². The number of nitrogens with one attached hydrogen (secondary N) is 2. The summed E-state index contributed by atoms with van der Waals surface area (Å²) in [6.45, 7) is -0.0178. The van der Waals surface area contributed by atoms with Crippen molar-refractivity contribution in [2.75, 3.05) is 11.9 Å². The summed E-state index contributed by atoms with van der Waals surface area (Å²) < 4.78 is 0. The molecule has 0 bridgehead atoms. The van der Waals surface area contributed by atoms with E-state index in [9.17, 15) is 9.59 Å². The Hall–Kier alpha value is -1.59. The highest BCUT2D eigenvalue weighted by atomic mass is 35.5. The van der Waals surface area contributed by atoms with Crippen LogP contribution in [0, 0.1) is 5.92 Å². The average molecular weight is 283 g/mol. The summed E-state index contributed by atoms with van der Waals surface area (Å²) in [4.78, 5) is 22.6. The van der Waals surface area contributed by atoms with Crippen LogP contribution < -0.4 is 10.6 Å². The van der Waals surface area contributed by atoms with E-state index in [0.717, 1.165) is 12.8 Å². The van der Waals surface area contributed by atoms with Crippen molar-refractivity contribution >= 4 is 29.2 Å². The van der Waals surface area contributed by atoms with Gasteiger partial charge < -0.3 is 10.4 Å². The molecule has 6 heteroatoms. The second kappa shape index (κ2) is 6.04. The van der Waals surface area contributed by atoms with Gasteiger partial charge in [-0.25, -0.2) is 0 Å². The van der Waals surface area contributed by atoms with Gasteiger partial charge in [0.2, 0.25) is 5.91 Å². The summed E-state index contributed by atoms with van der Waals surface area (Å²) >= 11 is 5.74. The fraction of sp³-hybridized carbons (Fsp3) is 0.385. The first-order valence-corrected chi connectivity index (χ1v) is 6.45. The Labute approximate surface area is 116 Å². The molecule has 1 saturated carbocycles. The van der Waals surface area contributed by atoms with Gasteiger partial charge in [-0.2, -0.15) is 0 Å². The monoisotopic (exact) mass is 282 g/mol. The quantitative estimate of drug-likeness (QED) is 0.742. The molecule has 0 heterocycles. The van der Waals surface area contributed by atoms with E-state index < -0.39 is 12.0 Å². The van der Waals surface area contributed by atoms with Crippen LogP contribution in [0.5, 0.6) is 0 Å². The largest absolute Gasteiger partial charge is 0.480 e. The molecule has 1 aromatic carbocycles. The number of carbonyl (C=O) groups excluding carboxylic acids is 1. The van der Waals surface area contributed by atoms with Gasteiger partial charge in [-0.05, 0) is 43.0 Å². The lowest BCUT2D eigenvalue weighted by molar-refractivity contribution is -0.140. The number of amides is 1. The molecule has 5 nitrogen and oxygen atoms in total. The lowest BCUT2D eigenvalue weighted by Gasteiger charge is -2.13. The highest BCUT2D eigenvalue weighted by Crippen LogP contribution is 2.32. The lowest BCUT2D eigenvalue weighted by Crippen LogP contribution is -2.42. The molecule has 3 N–H and O–H groups in total. The number of rotatable bonds is 6. The van der Waals surface area contributed by atoms with Gasteiger partial charge in [-0.15, -0.1) is 0 Å². The molecule has 19 heavy (non-hydrogen) atoms. The minimum Gasteiger partial charge on any atom is -0.480 e. The summed E-state index contributed by atoms with van der Waals surface area (Å²) in [5.41, 5.74) is 0.634. The molecule has 1 fully saturated rings. The van der Waals surface area contributed by atoms with Crippen LogP contribution in [-0.2, 0) is 9.59 Å². The molecule has 1 atom stereocenters. The van der Waals surface area contributed by atoms with Gasteiger partial charge in [0.1, 0.15) is 6.04 Å². The second-order valence-corrected chi connectivity index (χ2v) is 5.03. The molecule has 0 aromatic heterocycles. The van der Waals surface area contributed by atoms with Gasteiger partial charge in [0, 0.05) is 10.7 Å². The zero-order valence-corrected chi connectivity index (χ0v) is 11.0. The standard InChI is InChI=1S/C13H15ClN2O3/c14-9-3-5-10(6-4-9)16-11(17)7-15-12(13(18)19)8-1-2-8/h3-6,8,12,15H,1-2,7H2,(H,16,17)(H,18,19). The highest BCUT2D eigenvalue weighted by Gasteiger charge is 2.36. The van der Waals surface area contributed by atoms with Crippen LogP contribution in [0.15, 0.2) is 24.3 Å². The molecule has 0 saturated heterocycles. The predicted molar refractivity (Wildman–Crippen MR) is 72.2 cm³/mol. The zero-order valence-electron chi connectivity index (χ0n) is 10.2. The third-order valence-corrected chi connectivity index (χ3v) is 3.22. The lowest BCUT2D eigenvalue weighted by atomic mass is 10.2. The molecular weight excluding hydrogens is 268 g/mol. The topological polar surface area (TPSA) is 78.4 Å². The molecule has 2 rings (SSSR count). The number of hydrogen-bond acceptors (Lipinski definition) is 3. The van der Waals surface area contributed by atoms with Crippen LogP contribution in [0.2, 0.25) is 5.02 Å². The number of carbonyl (C=O) groups is 2. The van der Waals surface area contributed by atoms with Gasteiger partial charge in [-0.1, -0.05) is 11.6 Å². The molecule has 0 radical (unpaired) electrons. The Morgan fingerprint density at radius 1 is 1.32 bits per heavy atom. The number of carboxylic acids is 1. The van der Waals surface area contributed by atoms with Crippen molar-refractivity contribution in [1.82, 2.24) is 5.32 Å². The molecule has 102 valence electrons. The van der Waals surface area contributed by atoms with Crippen molar-refractivity contribution in [3.8, 4) is 0 Å². The van der Waals surface area contributed by atoms with Crippen molar-refractivity contribution in [3.05, 3.63) is 29.3 Å². The number of benzene rings is 1. The normalized spacial score (nSPS) is 15.8. The fourth-order valence-corrected chi connectivity index (χ4v) is 1.95. The predicted octanol–water partition coefficient (Wildman–Crippen LogP) is 1.73. The van der Waals surface area contributed by atoms with Gasteiger partial charge in [-0.3, -0.25) is 14.9 Å². The summed E-state index contributed by atoms with van der Waals surface area (Å²) in [6.07, 6.45) is 1.81. The molecule has 1 aliphatic rings. The third-order valence-electron chi connectivity index (χ3n) is 2.97. The molecule has 0 aliphatic heterocycles. The Balaban J connectivity index is 1.80. The molecule has 1 aliphatic carbocycles. The maximum absolute atomic E-state index is 11.7. The van der Waals surface area contributed by atoms with Gasteiger partial charge in [0.15, 0.2) is 0 Å². The van der Waals surface area contributed by atoms with Crippen molar-refractivity contribution in [2.24, 2.45) is 5.92 Å². The Bertz CT molecular complexity index is 471. The Morgan fingerprint density at radius 3 is 2.47 bits per heavy atom. The minimum atomic E-state index is -0.901. The van der Waals surface area contributed by atoms with E-state index in [1.54, 1.807) is 24.3 Å². The van der Waals surface area contributed by atoms with Crippen molar-refractivity contribution in [1.29, 1.82) is 0 Å². The van der Waals surface area contributed by atoms with Gasteiger partial charge >= 0.3 is 5.97 Å². The van der Waals surface area contributed by atoms with Crippen LogP contribution in [0.3, 0.4) is 0 Å². The summed E-state index contributed by atoms with van der Waals surface area (Å²) in [6, 6.07) is 6.10. The van der Waals surface area contributed by atoms with E-state index >= 15 is 0 Å². The van der Waals surface area contributed by atoms with E-state index in [2.05, 4.69) is 10.6 Å². The van der Waals surface area contributed by atoms with Crippen LogP contribution in [0.25, 0.3) is 0 Å². The summed E-state index contributed by atoms with van der Waals surface area (Å²) in [5, 5.41) is 15.0. The number of carboxylic acid groups (broad SMARTS) is 1. The Morgan fingerprint density at radius 2 is 1.95 bits per heavy atom. The molecule has 1 unspecified atom stereocenters. The smallest absolute Gasteiger partial charge is 0.320 e. The van der Waals surface area contributed by atoms with Gasteiger partial charge in [0.25, 0.3) is 0 Å². The zero-order chi connectivity index (χ0) is 13.8. The second-order valence-electron chi connectivity index (χ2n) is 4.59. The highest BCUT2D eigenvalue weighted by molar-refractivity contribution is 6.30. The molecule has 0 spiro atoms. The molecular formula is C13H15ClN2O3. The molecule has 1 aromatic rings. The number of aliphatic carboxylic acids is 1. The summed E-state index contributed by atoms with van der Waals surface area (Å²) in [5.74, 6) is -1.02. The van der Waals surface area contributed by atoms with E-state index in [1.165, 1.54) is 0 Å².